The highest BCUT2D eigenvalue weighted by Crippen LogP contribution is 2.37. The summed E-state index contributed by atoms with van der Waals surface area (Å²) in [6, 6.07) is 3.16. The van der Waals surface area contributed by atoms with Crippen LogP contribution in [0.3, 0.4) is 0 Å². The molecule has 2 fully saturated rings. The van der Waals surface area contributed by atoms with Gasteiger partial charge in [-0.2, -0.15) is 0 Å². The fourth-order valence-electron chi connectivity index (χ4n) is 3.25. The van der Waals surface area contributed by atoms with E-state index in [0.717, 1.165) is 50.0 Å². The normalized spacial score (nSPS) is 25.5. The molecule has 3 rings (SSSR count). The first-order valence-electron chi connectivity index (χ1n) is 7.30. The lowest BCUT2D eigenvalue weighted by molar-refractivity contribution is -0.131. The quantitative estimate of drug-likeness (QED) is 0.811. The highest BCUT2D eigenvalue weighted by atomic mass is 79.9. The van der Waals surface area contributed by atoms with Gasteiger partial charge in [-0.1, -0.05) is 0 Å². The highest BCUT2D eigenvalue weighted by Gasteiger charge is 2.41. The zero-order chi connectivity index (χ0) is 14.9. The van der Waals surface area contributed by atoms with Gasteiger partial charge in [0, 0.05) is 41.8 Å². The van der Waals surface area contributed by atoms with E-state index in [0.29, 0.717) is 0 Å². The average molecular weight is 355 g/mol. The largest absolute Gasteiger partial charge is 0.381 e. The maximum absolute atomic E-state index is 12.4. The number of amides is 1. The van der Waals surface area contributed by atoms with Gasteiger partial charge in [0.25, 0.3) is 5.56 Å². The molecule has 0 saturated carbocycles. The number of hydrogen-bond acceptors (Lipinski definition) is 3. The molecule has 1 spiro atoms. The molecule has 0 aromatic carbocycles. The molecule has 2 aliphatic heterocycles. The van der Waals surface area contributed by atoms with Gasteiger partial charge < -0.3 is 14.2 Å². The molecule has 1 unspecified atom stereocenters. The number of hydrogen-bond donors (Lipinski definition) is 0. The molecule has 6 heteroatoms. The molecule has 0 N–H and O–H groups in total. The summed E-state index contributed by atoms with van der Waals surface area (Å²) in [5.41, 5.74) is -0.00248. The van der Waals surface area contributed by atoms with Crippen molar-refractivity contribution in [3.63, 3.8) is 0 Å². The fourth-order valence-corrected chi connectivity index (χ4v) is 3.63. The Morgan fingerprint density at radius 2 is 2.24 bits per heavy atom. The first-order valence-corrected chi connectivity index (χ1v) is 8.09. The molecular formula is C15H19BrN2O3. The molecule has 3 heterocycles. The van der Waals surface area contributed by atoms with Crippen LogP contribution in [0.25, 0.3) is 0 Å². The number of nitrogens with zero attached hydrogens (tertiary/aromatic N) is 2. The van der Waals surface area contributed by atoms with Gasteiger partial charge in [0.05, 0.1) is 6.61 Å². The number of halogens is 1. The predicted molar refractivity (Wildman–Crippen MR) is 82.1 cm³/mol. The number of rotatable bonds is 2. The van der Waals surface area contributed by atoms with Crippen molar-refractivity contribution >= 4 is 21.8 Å². The van der Waals surface area contributed by atoms with E-state index in [1.165, 1.54) is 10.6 Å². The molecule has 5 nitrogen and oxygen atoms in total. The van der Waals surface area contributed by atoms with Crippen LogP contribution >= 0.6 is 15.9 Å². The van der Waals surface area contributed by atoms with Crippen molar-refractivity contribution in [2.75, 3.05) is 26.3 Å². The van der Waals surface area contributed by atoms with Crippen LogP contribution in [0.5, 0.6) is 0 Å². The van der Waals surface area contributed by atoms with Gasteiger partial charge in [-0.3, -0.25) is 9.59 Å². The van der Waals surface area contributed by atoms with Crippen LogP contribution in [-0.2, 0) is 16.1 Å². The second-order valence-electron chi connectivity index (χ2n) is 6.03. The SMILES string of the molecule is O=C(Cn1cc(Br)ccc1=O)N1CCC2(CCCOC2)C1. The number of pyridine rings is 1. The zero-order valence-electron chi connectivity index (χ0n) is 11.9. The summed E-state index contributed by atoms with van der Waals surface area (Å²) in [7, 11) is 0. The first kappa shape index (κ1) is 14.8. The van der Waals surface area contributed by atoms with E-state index in [-0.39, 0.29) is 23.4 Å². The van der Waals surface area contributed by atoms with Crippen molar-refractivity contribution in [1.82, 2.24) is 9.47 Å². The average Bonchev–Trinajstić information content (AvgIpc) is 2.87. The zero-order valence-corrected chi connectivity index (χ0v) is 13.5. The van der Waals surface area contributed by atoms with Gasteiger partial charge in [0.2, 0.25) is 5.91 Å². The Morgan fingerprint density at radius 1 is 1.38 bits per heavy atom. The van der Waals surface area contributed by atoms with Crippen LogP contribution in [0.2, 0.25) is 0 Å². The van der Waals surface area contributed by atoms with Crippen molar-refractivity contribution in [2.24, 2.45) is 5.41 Å². The third-order valence-electron chi connectivity index (χ3n) is 4.45. The topological polar surface area (TPSA) is 51.5 Å². The Morgan fingerprint density at radius 3 is 3.00 bits per heavy atom. The highest BCUT2D eigenvalue weighted by molar-refractivity contribution is 9.10. The Bertz CT molecular complexity index is 593. The summed E-state index contributed by atoms with van der Waals surface area (Å²) < 4.78 is 7.84. The number of carbonyl (C=O) groups is 1. The van der Waals surface area contributed by atoms with E-state index in [1.807, 2.05) is 4.90 Å². The summed E-state index contributed by atoms with van der Waals surface area (Å²) in [5, 5.41) is 0. The molecule has 1 aromatic heterocycles. The second kappa shape index (κ2) is 5.93. The van der Waals surface area contributed by atoms with Crippen LogP contribution in [-0.4, -0.2) is 41.7 Å². The third kappa shape index (κ3) is 3.21. The summed E-state index contributed by atoms with van der Waals surface area (Å²) in [4.78, 5) is 26.1. The number of likely N-dealkylation sites (tertiary alicyclic amines) is 1. The molecule has 1 atom stereocenters. The maximum atomic E-state index is 12.4. The summed E-state index contributed by atoms with van der Waals surface area (Å²) in [6.45, 7) is 3.23. The van der Waals surface area contributed by atoms with Crippen LogP contribution in [0.1, 0.15) is 19.3 Å². The summed E-state index contributed by atoms with van der Waals surface area (Å²) in [5.74, 6) is 0.0117. The minimum absolute atomic E-state index is 0.0117. The van der Waals surface area contributed by atoms with Gasteiger partial charge in [0.1, 0.15) is 6.54 Å². The molecule has 1 aromatic rings. The van der Waals surface area contributed by atoms with Gasteiger partial charge in [-0.15, -0.1) is 0 Å². The molecule has 0 radical (unpaired) electrons. The van der Waals surface area contributed by atoms with Crippen LogP contribution < -0.4 is 5.56 Å². The number of ether oxygens (including phenoxy) is 1. The minimum atomic E-state index is -0.151. The lowest BCUT2D eigenvalue weighted by atomic mass is 9.82. The van der Waals surface area contributed by atoms with Crippen molar-refractivity contribution in [1.29, 1.82) is 0 Å². The lowest BCUT2D eigenvalue weighted by Gasteiger charge is -2.33. The van der Waals surface area contributed by atoms with Crippen molar-refractivity contribution < 1.29 is 9.53 Å². The molecule has 2 aliphatic rings. The predicted octanol–water partition coefficient (Wildman–Crippen LogP) is 1.64. The Kier molecular flexibility index (Phi) is 4.17. The van der Waals surface area contributed by atoms with Crippen molar-refractivity contribution in [2.45, 2.75) is 25.8 Å². The second-order valence-corrected chi connectivity index (χ2v) is 6.95. The number of carbonyl (C=O) groups excluding carboxylic acids is 1. The third-order valence-corrected chi connectivity index (χ3v) is 4.92. The van der Waals surface area contributed by atoms with E-state index >= 15 is 0 Å². The van der Waals surface area contributed by atoms with E-state index in [4.69, 9.17) is 4.74 Å². The smallest absolute Gasteiger partial charge is 0.251 e. The molecule has 114 valence electrons. The Hall–Kier alpha value is -1.14. The molecular weight excluding hydrogens is 336 g/mol. The van der Waals surface area contributed by atoms with Crippen LogP contribution in [0.15, 0.2) is 27.6 Å². The standard InChI is InChI=1S/C15H19BrN2O3/c16-12-2-3-13(19)18(8-12)9-14(20)17-6-5-15(10-17)4-1-7-21-11-15/h2-3,8H,1,4-7,9-11H2. The monoisotopic (exact) mass is 354 g/mol. The van der Waals surface area contributed by atoms with E-state index in [2.05, 4.69) is 15.9 Å². The Labute approximate surface area is 132 Å². The molecule has 1 amide bonds. The van der Waals surface area contributed by atoms with Gasteiger partial charge >= 0.3 is 0 Å². The molecule has 0 bridgehead atoms. The molecule has 21 heavy (non-hydrogen) atoms. The maximum Gasteiger partial charge on any atom is 0.251 e. The van der Waals surface area contributed by atoms with Gasteiger partial charge in [-0.05, 0) is 41.3 Å². The summed E-state index contributed by atoms with van der Waals surface area (Å²) >= 11 is 3.33. The van der Waals surface area contributed by atoms with Crippen LogP contribution in [0.4, 0.5) is 0 Å². The summed E-state index contributed by atoms with van der Waals surface area (Å²) in [6.07, 6.45) is 4.88. The molecule has 0 aliphatic carbocycles. The lowest BCUT2D eigenvalue weighted by Crippen LogP contribution is -2.39. The van der Waals surface area contributed by atoms with Gasteiger partial charge in [0.15, 0.2) is 0 Å². The first-order chi connectivity index (χ1) is 10.1. The fraction of sp³-hybridized carbons (Fsp3) is 0.600. The van der Waals surface area contributed by atoms with E-state index in [9.17, 15) is 9.59 Å². The van der Waals surface area contributed by atoms with Crippen LogP contribution in [0, 0.1) is 5.41 Å². The Balaban J connectivity index is 1.66. The van der Waals surface area contributed by atoms with E-state index in [1.54, 1.807) is 12.3 Å². The van der Waals surface area contributed by atoms with E-state index < -0.39 is 0 Å². The van der Waals surface area contributed by atoms with Crippen molar-refractivity contribution in [3.05, 3.63) is 33.2 Å². The van der Waals surface area contributed by atoms with Gasteiger partial charge in [-0.25, -0.2) is 0 Å². The molecule has 2 saturated heterocycles. The minimum Gasteiger partial charge on any atom is -0.381 e. The number of aromatic nitrogens is 1. The van der Waals surface area contributed by atoms with Crippen molar-refractivity contribution in [3.8, 4) is 0 Å².